The van der Waals surface area contributed by atoms with Gasteiger partial charge in [-0.15, -0.1) is 0 Å². The second-order valence-electron chi connectivity index (χ2n) is 4.21. The van der Waals surface area contributed by atoms with Gasteiger partial charge in [-0.05, 0) is 24.3 Å². The molecule has 4 nitrogen and oxygen atoms in total. The summed E-state index contributed by atoms with van der Waals surface area (Å²) in [5, 5.41) is 12.9. The van der Waals surface area contributed by atoms with Gasteiger partial charge in [-0.1, -0.05) is 0 Å². The predicted molar refractivity (Wildman–Crippen MR) is 62.2 cm³/mol. The lowest BCUT2D eigenvalue weighted by atomic mass is 9.88. The zero-order valence-corrected chi connectivity index (χ0v) is 9.52. The van der Waals surface area contributed by atoms with Gasteiger partial charge in [0, 0.05) is 23.0 Å². The number of hydrogen-bond acceptors (Lipinski definition) is 3. The van der Waals surface area contributed by atoms with Crippen molar-refractivity contribution in [3.8, 4) is 0 Å². The highest BCUT2D eigenvalue weighted by Crippen LogP contribution is 2.41. The number of nitrogens with one attached hydrogen (secondary N) is 1. The first kappa shape index (κ1) is 11.7. The molecule has 0 fully saturated rings. The zero-order chi connectivity index (χ0) is 13.6. The molecule has 19 heavy (non-hydrogen) atoms. The molecular weight excluding hydrogens is 254 g/mol. The average molecular weight is 262 g/mol. The van der Waals surface area contributed by atoms with Gasteiger partial charge < -0.3 is 10.4 Å². The summed E-state index contributed by atoms with van der Waals surface area (Å²) in [4.78, 5) is 15.5. The Balaban J connectivity index is 2.28. The molecule has 1 aliphatic heterocycles. The lowest BCUT2D eigenvalue weighted by Crippen LogP contribution is -2.36. The molecule has 0 aliphatic carbocycles. The minimum Gasteiger partial charge on any atom is -0.372 e. The highest BCUT2D eigenvalue weighted by atomic mass is 19.1. The molecule has 2 heterocycles. The van der Waals surface area contributed by atoms with Crippen LogP contribution < -0.4 is 5.32 Å². The van der Waals surface area contributed by atoms with Crippen LogP contribution in [0.15, 0.2) is 36.7 Å². The normalized spacial score (nSPS) is 21.1. The molecule has 2 N–H and O–H groups in total. The van der Waals surface area contributed by atoms with Crippen LogP contribution in [-0.2, 0) is 10.4 Å². The van der Waals surface area contributed by atoms with Crippen molar-refractivity contribution in [1.82, 2.24) is 4.98 Å². The van der Waals surface area contributed by atoms with Crippen molar-refractivity contribution < 1.29 is 18.7 Å². The monoisotopic (exact) mass is 262 g/mol. The molecule has 6 heteroatoms. The molecule has 1 aromatic carbocycles. The van der Waals surface area contributed by atoms with E-state index in [-0.39, 0.29) is 16.8 Å². The fourth-order valence-electron chi connectivity index (χ4n) is 2.20. The Bertz CT molecular complexity index is 690. The van der Waals surface area contributed by atoms with E-state index in [1.807, 2.05) is 0 Å². The summed E-state index contributed by atoms with van der Waals surface area (Å²) in [5.41, 5.74) is -2.26. The minimum absolute atomic E-state index is 0.0115. The molecule has 3 rings (SSSR count). The third-order valence-electron chi connectivity index (χ3n) is 3.11. The molecule has 1 atom stereocenters. The van der Waals surface area contributed by atoms with Gasteiger partial charge in [-0.2, -0.15) is 0 Å². The van der Waals surface area contributed by atoms with Gasteiger partial charge in [-0.25, -0.2) is 8.78 Å². The van der Waals surface area contributed by atoms with Crippen LogP contribution in [0.5, 0.6) is 0 Å². The number of aromatic nitrogens is 1. The van der Waals surface area contributed by atoms with E-state index in [0.717, 1.165) is 18.3 Å². The summed E-state index contributed by atoms with van der Waals surface area (Å²) in [6, 6.07) is 4.66. The third kappa shape index (κ3) is 1.53. The number of aliphatic hydroxyl groups is 1. The second kappa shape index (κ2) is 3.83. The number of hydrogen-bond donors (Lipinski definition) is 2. The maximum absolute atomic E-state index is 13.8. The quantitative estimate of drug-likeness (QED) is 0.819. The van der Waals surface area contributed by atoms with Gasteiger partial charge in [0.25, 0.3) is 5.91 Å². The molecule has 0 saturated heterocycles. The summed E-state index contributed by atoms with van der Waals surface area (Å²) in [7, 11) is 0. The van der Waals surface area contributed by atoms with Crippen molar-refractivity contribution in [3.63, 3.8) is 0 Å². The number of carbonyl (C=O) groups is 1. The fraction of sp³-hybridized carbons (Fsp3) is 0.0769. The van der Waals surface area contributed by atoms with E-state index in [0.29, 0.717) is 0 Å². The number of pyridine rings is 1. The standard InChI is InChI=1S/C13H8F2N2O2/c14-7-1-2-11-9(5-7)13(19,12(18)17-11)8-3-4-16-6-10(8)15/h1-6,19H,(H,17,18). The number of anilines is 1. The van der Waals surface area contributed by atoms with E-state index >= 15 is 0 Å². The number of fused-ring (bicyclic) bond motifs is 1. The zero-order valence-electron chi connectivity index (χ0n) is 9.52. The Labute approximate surface area is 106 Å². The van der Waals surface area contributed by atoms with E-state index in [2.05, 4.69) is 10.3 Å². The Kier molecular flexibility index (Phi) is 2.36. The molecule has 2 aromatic rings. The van der Waals surface area contributed by atoms with Crippen LogP contribution in [0.4, 0.5) is 14.5 Å². The van der Waals surface area contributed by atoms with Crippen LogP contribution >= 0.6 is 0 Å². The Morgan fingerprint density at radius 1 is 1.21 bits per heavy atom. The van der Waals surface area contributed by atoms with Crippen LogP contribution in [0.2, 0.25) is 0 Å². The van der Waals surface area contributed by atoms with Gasteiger partial charge >= 0.3 is 0 Å². The molecule has 0 radical (unpaired) electrons. The van der Waals surface area contributed by atoms with Crippen molar-refractivity contribution in [3.05, 3.63) is 59.4 Å². The number of halogens is 2. The van der Waals surface area contributed by atoms with E-state index in [1.54, 1.807) is 0 Å². The van der Waals surface area contributed by atoms with Gasteiger partial charge in [0.1, 0.15) is 11.6 Å². The van der Waals surface area contributed by atoms with Crippen LogP contribution in [-0.4, -0.2) is 16.0 Å². The van der Waals surface area contributed by atoms with Crippen molar-refractivity contribution in [2.45, 2.75) is 5.60 Å². The molecule has 96 valence electrons. The summed E-state index contributed by atoms with van der Waals surface area (Å²) >= 11 is 0. The molecule has 1 aliphatic rings. The van der Waals surface area contributed by atoms with Gasteiger partial charge in [0.15, 0.2) is 5.60 Å². The smallest absolute Gasteiger partial charge is 0.265 e. The summed E-state index contributed by atoms with van der Waals surface area (Å²) in [5.74, 6) is -2.28. The first-order valence-corrected chi connectivity index (χ1v) is 5.47. The molecule has 1 aromatic heterocycles. The number of nitrogens with zero attached hydrogens (tertiary/aromatic N) is 1. The van der Waals surface area contributed by atoms with E-state index < -0.39 is 23.1 Å². The van der Waals surface area contributed by atoms with Gasteiger partial charge in [-0.3, -0.25) is 9.78 Å². The molecule has 0 saturated carbocycles. The first-order valence-electron chi connectivity index (χ1n) is 5.47. The average Bonchev–Trinajstić information content (AvgIpc) is 2.64. The number of carbonyl (C=O) groups excluding carboxylic acids is 1. The number of rotatable bonds is 1. The molecule has 1 amide bonds. The summed E-state index contributed by atoms with van der Waals surface area (Å²) in [6.45, 7) is 0. The van der Waals surface area contributed by atoms with Gasteiger partial charge in [0.2, 0.25) is 0 Å². The lowest BCUT2D eigenvalue weighted by molar-refractivity contribution is -0.129. The lowest BCUT2D eigenvalue weighted by Gasteiger charge is -2.21. The molecular formula is C13H8F2N2O2. The fourth-order valence-corrected chi connectivity index (χ4v) is 2.20. The third-order valence-corrected chi connectivity index (χ3v) is 3.11. The van der Waals surface area contributed by atoms with Crippen molar-refractivity contribution >= 4 is 11.6 Å². The van der Waals surface area contributed by atoms with Crippen molar-refractivity contribution in [1.29, 1.82) is 0 Å². The number of amides is 1. The minimum atomic E-state index is -2.25. The van der Waals surface area contributed by atoms with Crippen LogP contribution in [0.25, 0.3) is 0 Å². The first-order chi connectivity index (χ1) is 9.03. The Morgan fingerprint density at radius 2 is 2.00 bits per heavy atom. The van der Waals surface area contributed by atoms with Crippen molar-refractivity contribution in [2.24, 2.45) is 0 Å². The summed E-state index contributed by atoms with van der Waals surface area (Å²) < 4.78 is 27.1. The van der Waals surface area contributed by atoms with E-state index in [1.165, 1.54) is 18.3 Å². The SMILES string of the molecule is O=C1Nc2ccc(F)cc2C1(O)c1ccncc1F. The van der Waals surface area contributed by atoms with Crippen LogP contribution in [0, 0.1) is 11.6 Å². The van der Waals surface area contributed by atoms with Crippen LogP contribution in [0.3, 0.4) is 0 Å². The van der Waals surface area contributed by atoms with Crippen LogP contribution in [0.1, 0.15) is 11.1 Å². The maximum atomic E-state index is 13.8. The second-order valence-corrected chi connectivity index (χ2v) is 4.21. The maximum Gasteiger partial charge on any atom is 0.265 e. The van der Waals surface area contributed by atoms with E-state index in [4.69, 9.17) is 0 Å². The molecule has 0 spiro atoms. The molecule has 1 unspecified atom stereocenters. The highest BCUT2D eigenvalue weighted by molar-refractivity contribution is 6.07. The predicted octanol–water partition coefficient (Wildman–Crippen LogP) is 1.55. The number of benzene rings is 1. The van der Waals surface area contributed by atoms with E-state index in [9.17, 15) is 18.7 Å². The summed E-state index contributed by atoms with van der Waals surface area (Å²) in [6.07, 6.45) is 2.14. The largest absolute Gasteiger partial charge is 0.372 e. The Morgan fingerprint density at radius 3 is 2.74 bits per heavy atom. The Hall–Kier alpha value is -2.34. The molecule has 0 bridgehead atoms. The van der Waals surface area contributed by atoms with Gasteiger partial charge in [0.05, 0.1) is 6.20 Å². The van der Waals surface area contributed by atoms with Crippen molar-refractivity contribution in [2.75, 3.05) is 5.32 Å². The highest BCUT2D eigenvalue weighted by Gasteiger charge is 2.48. The topological polar surface area (TPSA) is 62.2 Å².